The maximum Gasteiger partial charge on any atom is 0.123 e. The van der Waals surface area contributed by atoms with Crippen molar-refractivity contribution in [3.05, 3.63) is 35.6 Å². The van der Waals surface area contributed by atoms with Gasteiger partial charge in [0.25, 0.3) is 0 Å². The Bertz CT molecular complexity index is 326. The van der Waals surface area contributed by atoms with Crippen molar-refractivity contribution in [1.82, 2.24) is 5.32 Å². The van der Waals surface area contributed by atoms with Gasteiger partial charge in [-0.3, -0.25) is 0 Å². The van der Waals surface area contributed by atoms with Crippen LogP contribution in [0.3, 0.4) is 0 Å². The Morgan fingerprint density at radius 3 is 2.50 bits per heavy atom. The summed E-state index contributed by atoms with van der Waals surface area (Å²) in [5.41, 5.74) is 0.754. The Morgan fingerprint density at radius 2 is 1.89 bits per heavy atom. The lowest BCUT2D eigenvalue weighted by atomic mass is 10.1. The third-order valence-corrected chi connectivity index (χ3v) is 3.16. The van der Waals surface area contributed by atoms with Crippen molar-refractivity contribution in [1.29, 1.82) is 0 Å². The van der Waals surface area contributed by atoms with E-state index in [0.717, 1.165) is 12.0 Å². The second-order valence-corrected chi connectivity index (χ2v) is 4.87. The normalized spacial score (nSPS) is 14.4. The first-order chi connectivity index (χ1) is 8.63. The fourth-order valence-electron chi connectivity index (χ4n) is 1.92. The molecule has 0 spiro atoms. The van der Waals surface area contributed by atoms with E-state index in [-0.39, 0.29) is 5.82 Å². The predicted molar refractivity (Wildman–Crippen MR) is 73.0 cm³/mol. The van der Waals surface area contributed by atoms with Crippen LogP contribution in [0.25, 0.3) is 0 Å². The van der Waals surface area contributed by atoms with Crippen LogP contribution in [0.5, 0.6) is 0 Å². The SMILES string of the molecule is CCCCCC(C)NCC(O)c1ccc(F)cc1. The molecule has 0 fully saturated rings. The van der Waals surface area contributed by atoms with E-state index < -0.39 is 6.10 Å². The van der Waals surface area contributed by atoms with Gasteiger partial charge in [0.15, 0.2) is 0 Å². The van der Waals surface area contributed by atoms with Crippen LogP contribution >= 0.6 is 0 Å². The third-order valence-electron chi connectivity index (χ3n) is 3.16. The topological polar surface area (TPSA) is 32.3 Å². The zero-order chi connectivity index (χ0) is 13.4. The number of hydrogen-bond donors (Lipinski definition) is 2. The van der Waals surface area contributed by atoms with E-state index in [0.29, 0.717) is 12.6 Å². The van der Waals surface area contributed by atoms with Gasteiger partial charge < -0.3 is 10.4 Å². The van der Waals surface area contributed by atoms with Crippen LogP contribution in [0.15, 0.2) is 24.3 Å². The zero-order valence-corrected chi connectivity index (χ0v) is 11.3. The Balaban J connectivity index is 2.27. The summed E-state index contributed by atoms with van der Waals surface area (Å²) in [7, 11) is 0. The molecule has 1 aromatic rings. The average molecular weight is 253 g/mol. The second-order valence-electron chi connectivity index (χ2n) is 4.87. The van der Waals surface area contributed by atoms with Gasteiger partial charge >= 0.3 is 0 Å². The molecular weight excluding hydrogens is 229 g/mol. The Labute approximate surface area is 109 Å². The summed E-state index contributed by atoms with van der Waals surface area (Å²) in [6.07, 6.45) is 4.26. The van der Waals surface area contributed by atoms with Gasteiger partial charge in [0.05, 0.1) is 6.10 Å². The van der Waals surface area contributed by atoms with Crippen molar-refractivity contribution in [3.8, 4) is 0 Å². The maximum absolute atomic E-state index is 12.7. The van der Waals surface area contributed by atoms with E-state index in [1.807, 2.05) is 0 Å². The molecule has 0 heterocycles. The molecule has 0 aromatic heterocycles. The van der Waals surface area contributed by atoms with E-state index in [2.05, 4.69) is 19.2 Å². The van der Waals surface area contributed by atoms with Gasteiger partial charge in [0.2, 0.25) is 0 Å². The number of unbranched alkanes of at least 4 members (excludes halogenated alkanes) is 2. The summed E-state index contributed by atoms with van der Waals surface area (Å²) in [5.74, 6) is -0.271. The molecular formula is C15H24FNO. The number of aliphatic hydroxyl groups is 1. The summed E-state index contributed by atoms with van der Waals surface area (Å²) < 4.78 is 12.7. The fourth-order valence-corrected chi connectivity index (χ4v) is 1.92. The highest BCUT2D eigenvalue weighted by Gasteiger charge is 2.09. The number of rotatable bonds is 8. The van der Waals surface area contributed by atoms with Gasteiger partial charge in [0, 0.05) is 12.6 Å². The first-order valence-electron chi connectivity index (χ1n) is 6.80. The molecule has 1 rings (SSSR count). The van der Waals surface area contributed by atoms with Crippen molar-refractivity contribution in [3.63, 3.8) is 0 Å². The highest BCUT2D eigenvalue weighted by Crippen LogP contribution is 2.13. The van der Waals surface area contributed by atoms with Gasteiger partial charge in [-0.1, -0.05) is 38.3 Å². The van der Waals surface area contributed by atoms with Crippen molar-refractivity contribution in [2.45, 2.75) is 51.7 Å². The van der Waals surface area contributed by atoms with Crippen LogP contribution in [0.2, 0.25) is 0 Å². The molecule has 0 bridgehead atoms. The fraction of sp³-hybridized carbons (Fsp3) is 0.600. The van der Waals surface area contributed by atoms with Crippen LogP contribution < -0.4 is 5.32 Å². The molecule has 0 saturated carbocycles. The molecule has 0 saturated heterocycles. The minimum absolute atomic E-state index is 0.271. The minimum atomic E-state index is -0.570. The minimum Gasteiger partial charge on any atom is -0.387 e. The van der Waals surface area contributed by atoms with Crippen LogP contribution in [-0.4, -0.2) is 17.7 Å². The monoisotopic (exact) mass is 253 g/mol. The molecule has 0 aliphatic rings. The molecule has 2 N–H and O–H groups in total. The number of nitrogens with one attached hydrogen (secondary N) is 1. The van der Waals surface area contributed by atoms with E-state index in [1.54, 1.807) is 12.1 Å². The van der Waals surface area contributed by atoms with Gasteiger partial charge in [-0.15, -0.1) is 0 Å². The van der Waals surface area contributed by atoms with Crippen LogP contribution in [0, 0.1) is 5.82 Å². The Morgan fingerprint density at radius 1 is 1.22 bits per heavy atom. The molecule has 0 radical (unpaired) electrons. The maximum atomic E-state index is 12.7. The lowest BCUT2D eigenvalue weighted by Crippen LogP contribution is -2.30. The molecule has 0 amide bonds. The van der Waals surface area contributed by atoms with Crippen molar-refractivity contribution in [2.24, 2.45) is 0 Å². The largest absolute Gasteiger partial charge is 0.387 e. The molecule has 1 aromatic carbocycles. The zero-order valence-electron chi connectivity index (χ0n) is 11.3. The van der Waals surface area contributed by atoms with Gasteiger partial charge in [-0.2, -0.15) is 0 Å². The quantitative estimate of drug-likeness (QED) is 0.696. The smallest absolute Gasteiger partial charge is 0.123 e. The lowest BCUT2D eigenvalue weighted by Gasteiger charge is -2.17. The van der Waals surface area contributed by atoms with Gasteiger partial charge in [-0.05, 0) is 31.0 Å². The van der Waals surface area contributed by atoms with E-state index >= 15 is 0 Å². The highest BCUT2D eigenvalue weighted by atomic mass is 19.1. The van der Waals surface area contributed by atoms with Crippen LogP contribution in [0.1, 0.15) is 51.2 Å². The standard InChI is InChI=1S/C15H24FNO/c1-3-4-5-6-12(2)17-11-15(18)13-7-9-14(16)10-8-13/h7-10,12,15,17-18H,3-6,11H2,1-2H3. The van der Waals surface area contributed by atoms with Gasteiger partial charge in [0.1, 0.15) is 5.82 Å². The first-order valence-corrected chi connectivity index (χ1v) is 6.80. The van der Waals surface area contributed by atoms with Crippen LogP contribution in [-0.2, 0) is 0 Å². The number of aliphatic hydroxyl groups excluding tert-OH is 1. The third kappa shape index (κ3) is 5.61. The molecule has 3 heteroatoms. The van der Waals surface area contributed by atoms with E-state index in [4.69, 9.17) is 0 Å². The molecule has 0 aliphatic carbocycles. The van der Waals surface area contributed by atoms with Crippen molar-refractivity contribution < 1.29 is 9.50 Å². The summed E-state index contributed by atoms with van der Waals surface area (Å²) >= 11 is 0. The molecule has 0 aliphatic heterocycles. The Kier molecular flexibility index (Phi) is 6.91. The highest BCUT2D eigenvalue weighted by molar-refractivity contribution is 5.18. The Hall–Kier alpha value is -0.930. The summed E-state index contributed by atoms with van der Waals surface area (Å²) in [4.78, 5) is 0. The first kappa shape index (κ1) is 15.1. The molecule has 2 unspecified atom stereocenters. The van der Waals surface area contributed by atoms with Gasteiger partial charge in [-0.25, -0.2) is 4.39 Å². The molecule has 102 valence electrons. The number of hydrogen-bond acceptors (Lipinski definition) is 2. The molecule has 18 heavy (non-hydrogen) atoms. The number of halogens is 1. The molecule has 2 atom stereocenters. The molecule has 2 nitrogen and oxygen atoms in total. The second kappa shape index (κ2) is 8.22. The summed E-state index contributed by atoms with van der Waals surface area (Å²) in [6, 6.07) is 6.42. The average Bonchev–Trinajstić information content (AvgIpc) is 2.37. The van der Waals surface area contributed by atoms with E-state index in [9.17, 15) is 9.50 Å². The lowest BCUT2D eigenvalue weighted by molar-refractivity contribution is 0.169. The van der Waals surface area contributed by atoms with E-state index in [1.165, 1.54) is 31.4 Å². The summed E-state index contributed by atoms with van der Waals surface area (Å²) in [5, 5.41) is 13.3. The predicted octanol–water partition coefficient (Wildman–Crippen LogP) is 3.42. The van der Waals surface area contributed by atoms with Crippen LogP contribution in [0.4, 0.5) is 4.39 Å². The van der Waals surface area contributed by atoms with Crippen molar-refractivity contribution >= 4 is 0 Å². The summed E-state index contributed by atoms with van der Waals surface area (Å²) in [6.45, 7) is 4.84. The van der Waals surface area contributed by atoms with Crippen molar-refractivity contribution in [2.75, 3.05) is 6.54 Å². The number of benzene rings is 1.